The van der Waals surface area contributed by atoms with E-state index in [1.807, 2.05) is 36.4 Å². The molecule has 2 aromatic carbocycles. The lowest BCUT2D eigenvalue weighted by Crippen LogP contribution is -2.17. The number of phenols is 1. The van der Waals surface area contributed by atoms with Crippen LogP contribution in [0.3, 0.4) is 0 Å². The van der Waals surface area contributed by atoms with Gasteiger partial charge in [0.05, 0.1) is 0 Å². The maximum Gasteiger partial charge on any atom is 0.143 e. The minimum atomic E-state index is 0.197. The van der Waals surface area contributed by atoms with Crippen LogP contribution in [0, 0.1) is 11.3 Å². The molecule has 0 fully saturated rings. The van der Waals surface area contributed by atoms with E-state index in [1.54, 1.807) is 6.07 Å². The van der Waals surface area contributed by atoms with Crippen molar-refractivity contribution in [2.45, 2.75) is 40.5 Å². The first-order valence-electron chi connectivity index (χ1n) is 8.49. The van der Waals surface area contributed by atoms with Crippen molar-refractivity contribution in [3.8, 4) is 11.4 Å². The third-order valence-corrected chi connectivity index (χ3v) is 4.89. The van der Waals surface area contributed by atoms with Gasteiger partial charge >= 0.3 is 0 Å². The molecule has 0 bridgehead atoms. The van der Waals surface area contributed by atoms with Gasteiger partial charge in [-0.3, -0.25) is 0 Å². The summed E-state index contributed by atoms with van der Waals surface area (Å²) in [5.74, 6) is 0.822. The summed E-state index contributed by atoms with van der Waals surface area (Å²) in [5.41, 5.74) is 3.78. The Hall–Kier alpha value is -2.36. The predicted octanol–water partition coefficient (Wildman–Crippen LogP) is 4.74. The second kappa shape index (κ2) is 6.27. The molecule has 24 heavy (non-hydrogen) atoms. The number of aromatic hydroxyl groups is 1. The number of nitrogens with zero attached hydrogens (tertiary/aromatic N) is 3. The standard InChI is InChI=1S/C20H25N3O/c1-14(20(2,3)4)9-10-15-11-12-19(24)18(13-15)23-21-16-7-5-6-8-17(16)22-23/h5-8,11-14,24H,9-10H2,1-4H3. The summed E-state index contributed by atoms with van der Waals surface area (Å²) < 4.78 is 0. The van der Waals surface area contributed by atoms with Gasteiger partial charge in [0.15, 0.2) is 0 Å². The number of hydrogen-bond acceptors (Lipinski definition) is 3. The average Bonchev–Trinajstić information content (AvgIpc) is 2.96. The van der Waals surface area contributed by atoms with Crippen LogP contribution in [0.15, 0.2) is 42.5 Å². The van der Waals surface area contributed by atoms with Crippen LogP contribution in [0.2, 0.25) is 0 Å². The molecule has 0 amide bonds. The molecule has 0 aliphatic rings. The Morgan fingerprint density at radius 3 is 2.25 bits per heavy atom. The molecular weight excluding hydrogens is 298 g/mol. The Morgan fingerprint density at radius 2 is 1.67 bits per heavy atom. The number of rotatable bonds is 4. The molecule has 0 saturated carbocycles. The highest BCUT2D eigenvalue weighted by molar-refractivity contribution is 5.73. The smallest absolute Gasteiger partial charge is 0.143 e. The monoisotopic (exact) mass is 323 g/mol. The van der Waals surface area contributed by atoms with Gasteiger partial charge in [-0.15, -0.1) is 15.0 Å². The second-order valence-corrected chi connectivity index (χ2v) is 7.61. The van der Waals surface area contributed by atoms with Crippen LogP contribution in [0.25, 0.3) is 16.7 Å². The van der Waals surface area contributed by atoms with Crippen LogP contribution in [-0.2, 0) is 6.42 Å². The van der Waals surface area contributed by atoms with E-state index in [0.717, 1.165) is 23.9 Å². The molecule has 0 spiro atoms. The molecule has 0 aliphatic heterocycles. The highest BCUT2D eigenvalue weighted by atomic mass is 16.3. The van der Waals surface area contributed by atoms with Crippen molar-refractivity contribution in [2.24, 2.45) is 11.3 Å². The van der Waals surface area contributed by atoms with E-state index in [4.69, 9.17) is 0 Å². The molecule has 1 heterocycles. The van der Waals surface area contributed by atoms with Crippen LogP contribution in [-0.4, -0.2) is 20.1 Å². The second-order valence-electron chi connectivity index (χ2n) is 7.61. The number of aryl methyl sites for hydroxylation is 1. The molecule has 126 valence electrons. The molecule has 3 rings (SSSR count). The van der Waals surface area contributed by atoms with Gasteiger partial charge in [0.25, 0.3) is 0 Å². The minimum Gasteiger partial charge on any atom is -0.506 e. The van der Waals surface area contributed by atoms with E-state index in [1.165, 1.54) is 10.4 Å². The van der Waals surface area contributed by atoms with E-state index >= 15 is 0 Å². The first kappa shape index (κ1) is 16.5. The number of fused-ring (bicyclic) bond motifs is 1. The van der Waals surface area contributed by atoms with Crippen molar-refractivity contribution in [1.82, 2.24) is 15.0 Å². The lowest BCUT2D eigenvalue weighted by molar-refractivity contribution is 0.247. The number of aromatic nitrogens is 3. The van der Waals surface area contributed by atoms with Gasteiger partial charge in [0.2, 0.25) is 0 Å². The van der Waals surface area contributed by atoms with Gasteiger partial charge < -0.3 is 5.11 Å². The SMILES string of the molecule is CC(CCc1ccc(O)c(-n2nc3ccccc3n2)c1)C(C)(C)C. The fourth-order valence-electron chi connectivity index (χ4n) is 2.67. The van der Waals surface area contributed by atoms with Gasteiger partial charge in [-0.2, -0.15) is 0 Å². The molecular formula is C20H25N3O. The van der Waals surface area contributed by atoms with E-state index in [2.05, 4.69) is 37.9 Å². The molecule has 0 radical (unpaired) electrons. The molecule has 3 aromatic rings. The summed E-state index contributed by atoms with van der Waals surface area (Å²) in [6, 6.07) is 13.4. The average molecular weight is 323 g/mol. The van der Waals surface area contributed by atoms with Crippen molar-refractivity contribution in [2.75, 3.05) is 0 Å². The number of phenolic OH excluding ortho intramolecular Hbond substituents is 1. The highest BCUT2D eigenvalue weighted by Gasteiger charge is 2.19. The zero-order valence-electron chi connectivity index (χ0n) is 14.8. The summed E-state index contributed by atoms with van der Waals surface area (Å²) >= 11 is 0. The summed E-state index contributed by atoms with van der Waals surface area (Å²) in [6.07, 6.45) is 2.09. The lowest BCUT2D eigenvalue weighted by Gasteiger charge is -2.27. The van der Waals surface area contributed by atoms with Gasteiger partial charge in [0.1, 0.15) is 22.5 Å². The van der Waals surface area contributed by atoms with Gasteiger partial charge in [-0.25, -0.2) is 0 Å². The Balaban J connectivity index is 1.86. The van der Waals surface area contributed by atoms with Crippen LogP contribution >= 0.6 is 0 Å². The summed E-state index contributed by atoms with van der Waals surface area (Å²) in [7, 11) is 0. The normalized spacial score (nSPS) is 13.3. The van der Waals surface area contributed by atoms with Gasteiger partial charge in [-0.1, -0.05) is 45.9 Å². The van der Waals surface area contributed by atoms with Crippen LogP contribution in [0.1, 0.15) is 39.7 Å². The zero-order chi connectivity index (χ0) is 17.3. The Labute approximate surface area is 143 Å². The Bertz CT molecular complexity index is 812. The van der Waals surface area contributed by atoms with Crippen molar-refractivity contribution in [3.05, 3.63) is 48.0 Å². The van der Waals surface area contributed by atoms with Crippen LogP contribution in [0.4, 0.5) is 0 Å². The summed E-state index contributed by atoms with van der Waals surface area (Å²) in [4.78, 5) is 1.52. The zero-order valence-corrected chi connectivity index (χ0v) is 14.8. The molecule has 1 unspecified atom stereocenters. The lowest BCUT2D eigenvalue weighted by atomic mass is 9.79. The molecule has 0 saturated heterocycles. The molecule has 0 aliphatic carbocycles. The van der Waals surface area contributed by atoms with Crippen molar-refractivity contribution in [1.29, 1.82) is 0 Å². The van der Waals surface area contributed by atoms with Gasteiger partial charge in [0, 0.05) is 0 Å². The fourth-order valence-corrected chi connectivity index (χ4v) is 2.67. The van der Waals surface area contributed by atoms with Gasteiger partial charge in [-0.05, 0) is 54.0 Å². The first-order valence-corrected chi connectivity index (χ1v) is 8.49. The highest BCUT2D eigenvalue weighted by Crippen LogP contribution is 2.30. The Morgan fingerprint density at radius 1 is 1.04 bits per heavy atom. The third kappa shape index (κ3) is 3.42. The third-order valence-electron chi connectivity index (χ3n) is 4.89. The van der Waals surface area contributed by atoms with E-state index in [-0.39, 0.29) is 5.75 Å². The number of benzene rings is 2. The molecule has 1 N–H and O–H groups in total. The van der Waals surface area contributed by atoms with Crippen molar-refractivity contribution < 1.29 is 5.11 Å². The fraction of sp³-hybridized carbons (Fsp3) is 0.400. The molecule has 1 atom stereocenters. The molecule has 1 aromatic heterocycles. The molecule has 4 nitrogen and oxygen atoms in total. The molecule has 4 heteroatoms. The van der Waals surface area contributed by atoms with E-state index in [0.29, 0.717) is 17.0 Å². The topological polar surface area (TPSA) is 50.9 Å². The van der Waals surface area contributed by atoms with E-state index < -0.39 is 0 Å². The first-order chi connectivity index (χ1) is 11.3. The predicted molar refractivity (Wildman–Crippen MR) is 97.5 cm³/mol. The van der Waals surface area contributed by atoms with Crippen molar-refractivity contribution in [3.63, 3.8) is 0 Å². The maximum absolute atomic E-state index is 10.2. The van der Waals surface area contributed by atoms with Crippen molar-refractivity contribution >= 4 is 11.0 Å². The quantitative estimate of drug-likeness (QED) is 0.754. The Kier molecular flexibility index (Phi) is 4.31. The van der Waals surface area contributed by atoms with E-state index in [9.17, 15) is 5.11 Å². The summed E-state index contributed by atoms with van der Waals surface area (Å²) in [6.45, 7) is 9.13. The maximum atomic E-state index is 10.2. The van der Waals surface area contributed by atoms with Crippen LogP contribution in [0.5, 0.6) is 5.75 Å². The minimum absolute atomic E-state index is 0.197. The number of hydrogen-bond donors (Lipinski definition) is 1. The summed E-state index contributed by atoms with van der Waals surface area (Å²) in [5, 5.41) is 19.1. The largest absolute Gasteiger partial charge is 0.506 e. The van der Waals surface area contributed by atoms with Crippen LogP contribution < -0.4 is 0 Å².